The molecule has 23 heteroatoms. The lowest BCUT2D eigenvalue weighted by Crippen LogP contribution is -2.63. The van der Waals surface area contributed by atoms with Gasteiger partial charge in [-0.05, 0) is 107 Å². The average Bonchev–Trinajstić information content (AvgIpc) is 1.38. The number of hydrogen-bond acceptors (Lipinski definition) is 12. The Hall–Kier alpha value is -6.42. The van der Waals surface area contributed by atoms with Crippen molar-refractivity contribution in [2.45, 2.75) is 230 Å². The van der Waals surface area contributed by atoms with Gasteiger partial charge in [-0.3, -0.25) is 57.5 Å². The van der Waals surface area contributed by atoms with E-state index in [-0.39, 0.29) is 55.8 Å². The topological polar surface area (TPSA) is 276 Å². The molecule has 0 aromatic carbocycles. The minimum atomic E-state index is -1.82. The Bertz CT molecular complexity index is 2440. The standard InChI is InChI=1S/C65H115N11O12/c1-26-27-28-43(16)55(78)54-59(82)69-51(40(10)11)63(86)70(19)35-50(77)71(20)46(31-29-36(2)3)58(81)68-52(41(12)13)64(87)72(21)47(32-30-37(4)5)57(80)66-44(17)56(79)67-45(18)60(83)73(22)48(33-38(6)7)61(84)74(23)49(34-39(8)9)62(85)75(24)53(42(14)15)65(88)76(54)25/h26-27,36-49,51-54H,28-35H2,1-25H3,(H,66,80)(H,67,79)(H,68,81)(H,69,82)/b27-26+/t43-,44+,45-,46+,47+,48+,49+,51+,52+,53+,54?/m1/s1. The quantitative estimate of drug-likeness (QED) is 0.116. The van der Waals surface area contributed by atoms with E-state index in [4.69, 9.17) is 0 Å². The van der Waals surface area contributed by atoms with Gasteiger partial charge in [-0.15, -0.1) is 0 Å². The van der Waals surface area contributed by atoms with Crippen LogP contribution >= 0.6 is 0 Å². The Kier molecular flexibility index (Phi) is 32.8. The fourth-order valence-electron chi connectivity index (χ4n) is 10.9. The number of likely N-dealkylation sites (N-methyl/N-ethyl adjacent to an activating group) is 7. The number of Topliss-reactive ketones (excluding diaryl/α,β-unsaturated/α-hetero) is 1. The lowest BCUT2D eigenvalue weighted by molar-refractivity contribution is -0.157. The number of nitrogens with zero attached hydrogens (tertiary/aromatic N) is 7. The van der Waals surface area contributed by atoms with E-state index >= 15 is 9.59 Å². The summed E-state index contributed by atoms with van der Waals surface area (Å²) in [4.78, 5) is 184. The molecule has 1 rings (SSSR count). The highest BCUT2D eigenvalue weighted by molar-refractivity contribution is 6.10. The molecular weight excluding hydrogens is 1130 g/mol. The first-order chi connectivity index (χ1) is 40.6. The number of rotatable bonds is 17. The molecule has 1 aliphatic rings. The van der Waals surface area contributed by atoms with Crippen molar-refractivity contribution >= 4 is 70.8 Å². The van der Waals surface area contributed by atoms with E-state index in [1.165, 1.54) is 87.7 Å². The van der Waals surface area contributed by atoms with E-state index in [9.17, 15) is 47.9 Å². The molecule has 1 fully saturated rings. The smallest absolute Gasteiger partial charge is 0.251 e. The summed E-state index contributed by atoms with van der Waals surface area (Å²) in [5.74, 6) is -11.0. The molecule has 1 aliphatic heterocycles. The molecule has 0 saturated carbocycles. The number of amides is 11. The second-order valence-electron chi connectivity index (χ2n) is 27.3. The van der Waals surface area contributed by atoms with Crippen molar-refractivity contribution in [1.29, 1.82) is 0 Å². The molecule has 502 valence electrons. The van der Waals surface area contributed by atoms with E-state index in [0.29, 0.717) is 12.8 Å². The largest absolute Gasteiger partial charge is 0.343 e. The molecule has 0 radical (unpaired) electrons. The summed E-state index contributed by atoms with van der Waals surface area (Å²) in [5.41, 5.74) is 0. The monoisotopic (exact) mass is 1240 g/mol. The van der Waals surface area contributed by atoms with Crippen LogP contribution in [0.25, 0.3) is 0 Å². The number of ketones is 1. The van der Waals surface area contributed by atoms with Crippen LogP contribution < -0.4 is 21.3 Å². The van der Waals surface area contributed by atoms with Gasteiger partial charge in [0, 0.05) is 55.3 Å². The molecule has 1 saturated heterocycles. The molecule has 1 unspecified atom stereocenters. The number of carbonyl (C=O) groups excluding carboxylic acids is 12. The van der Waals surface area contributed by atoms with Crippen LogP contribution in [0.3, 0.4) is 0 Å². The first-order valence-corrected chi connectivity index (χ1v) is 31.8. The predicted molar refractivity (Wildman–Crippen MR) is 341 cm³/mol. The Morgan fingerprint density at radius 3 is 1.30 bits per heavy atom. The van der Waals surface area contributed by atoms with E-state index < -0.39 is 161 Å². The van der Waals surface area contributed by atoms with Crippen LogP contribution in [-0.2, 0) is 57.5 Å². The molecule has 0 spiro atoms. The maximum Gasteiger partial charge on any atom is 0.251 e. The zero-order valence-electron chi connectivity index (χ0n) is 58.2. The Labute approximate surface area is 527 Å². The number of allylic oxidation sites excluding steroid dienone is 2. The number of carbonyl (C=O) groups is 12. The normalized spacial score (nSPS) is 26.0. The highest BCUT2D eigenvalue weighted by Crippen LogP contribution is 2.25. The molecule has 23 nitrogen and oxygen atoms in total. The van der Waals surface area contributed by atoms with Crippen LogP contribution in [0.4, 0.5) is 0 Å². The van der Waals surface area contributed by atoms with Gasteiger partial charge in [0.2, 0.25) is 59.1 Å². The van der Waals surface area contributed by atoms with Crippen molar-refractivity contribution in [3.8, 4) is 0 Å². The van der Waals surface area contributed by atoms with Gasteiger partial charge >= 0.3 is 0 Å². The maximum absolute atomic E-state index is 15.2. The summed E-state index contributed by atoms with van der Waals surface area (Å²) in [5, 5.41) is 11.0. The summed E-state index contributed by atoms with van der Waals surface area (Å²) < 4.78 is 0. The lowest BCUT2D eigenvalue weighted by Gasteiger charge is -2.41. The highest BCUT2D eigenvalue weighted by Gasteiger charge is 2.46. The van der Waals surface area contributed by atoms with Crippen LogP contribution in [0, 0.1) is 47.3 Å². The Balaban J connectivity index is 4.40. The fourth-order valence-corrected chi connectivity index (χ4v) is 10.9. The molecule has 4 N–H and O–H groups in total. The second kappa shape index (κ2) is 36.3. The van der Waals surface area contributed by atoms with Crippen molar-refractivity contribution in [2.24, 2.45) is 47.3 Å². The van der Waals surface area contributed by atoms with Crippen molar-refractivity contribution in [1.82, 2.24) is 55.6 Å². The third-order valence-electron chi connectivity index (χ3n) is 16.7. The Morgan fingerprint density at radius 1 is 0.443 bits per heavy atom. The summed E-state index contributed by atoms with van der Waals surface area (Å²) in [7, 11) is 9.85. The second-order valence-corrected chi connectivity index (χ2v) is 27.3. The summed E-state index contributed by atoms with van der Waals surface area (Å²) in [6.45, 7) is 31.2. The van der Waals surface area contributed by atoms with Crippen LogP contribution in [-0.4, -0.2) is 221 Å². The van der Waals surface area contributed by atoms with E-state index in [2.05, 4.69) is 21.3 Å². The zero-order valence-corrected chi connectivity index (χ0v) is 58.2. The summed E-state index contributed by atoms with van der Waals surface area (Å²) in [6, 6.07) is -12.7. The van der Waals surface area contributed by atoms with Crippen molar-refractivity contribution in [2.75, 3.05) is 55.9 Å². The minimum Gasteiger partial charge on any atom is -0.343 e. The molecule has 1 heterocycles. The maximum atomic E-state index is 15.2. The van der Waals surface area contributed by atoms with Crippen LogP contribution in [0.15, 0.2) is 12.2 Å². The molecule has 0 aromatic heterocycles. The SMILES string of the molecule is C/C=C/C[C@@H](C)C(=O)C1C(=O)N[C@@H](C(C)C)C(=O)N(C)CC(=O)N(C)[C@@H](CCC(C)C)C(=O)N[C@@H](C(C)C)C(=O)N(C)[C@@H](CCC(C)C)C(=O)N[C@@H](C)C(=O)N[C@H](C)C(=O)N(C)[C@@H](CC(C)C)C(=O)N(C)[C@@H](CC(C)C)C(=O)N(C)[C@@H](C(C)C)C(=O)N1C. The van der Waals surface area contributed by atoms with Gasteiger partial charge in [0.05, 0.1) is 6.54 Å². The highest BCUT2D eigenvalue weighted by atomic mass is 16.2. The zero-order chi connectivity index (χ0) is 68.3. The molecule has 11 amide bonds. The lowest BCUT2D eigenvalue weighted by atomic mass is 9.92. The fraction of sp³-hybridized carbons (Fsp3) is 0.785. The van der Waals surface area contributed by atoms with E-state index in [1.54, 1.807) is 67.5 Å². The van der Waals surface area contributed by atoms with Gasteiger partial charge in [-0.1, -0.05) is 116 Å². The van der Waals surface area contributed by atoms with Crippen LogP contribution in [0.1, 0.15) is 170 Å². The van der Waals surface area contributed by atoms with Crippen LogP contribution in [0.2, 0.25) is 0 Å². The van der Waals surface area contributed by atoms with Gasteiger partial charge < -0.3 is 55.6 Å². The molecule has 0 aliphatic carbocycles. The first kappa shape index (κ1) is 79.6. The molecule has 0 aromatic rings. The van der Waals surface area contributed by atoms with Crippen molar-refractivity contribution in [3.05, 3.63) is 12.2 Å². The minimum absolute atomic E-state index is 0.0879. The van der Waals surface area contributed by atoms with Crippen molar-refractivity contribution in [3.63, 3.8) is 0 Å². The molecule has 0 bridgehead atoms. The molecule has 88 heavy (non-hydrogen) atoms. The molecular formula is C65H115N11O12. The van der Waals surface area contributed by atoms with Gasteiger partial charge in [0.25, 0.3) is 5.91 Å². The average molecular weight is 1240 g/mol. The summed E-state index contributed by atoms with van der Waals surface area (Å²) in [6.07, 6.45) is 5.33. The van der Waals surface area contributed by atoms with Gasteiger partial charge in [-0.25, -0.2) is 0 Å². The molecule has 11 atom stereocenters. The predicted octanol–water partition coefficient (Wildman–Crippen LogP) is 4.50. The third kappa shape index (κ3) is 22.6. The third-order valence-corrected chi connectivity index (χ3v) is 16.7. The van der Waals surface area contributed by atoms with Gasteiger partial charge in [-0.2, -0.15) is 0 Å². The van der Waals surface area contributed by atoms with Crippen LogP contribution in [0.5, 0.6) is 0 Å². The van der Waals surface area contributed by atoms with Crippen molar-refractivity contribution < 1.29 is 57.5 Å². The summed E-state index contributed by atoms with van der Waals surface area (Å²) >= 11 is 0. The van der Waals surface area contributed by atoms with Gasteiger partial charge in [0.15, 0.2) is 11.8 Å². The Morgan fingerprint density at radius 2 is 0.852 bits per heavy atom. The van der Waals surface area contributed by atoms with E-state index in [1.807, 2.05) is 55.4 Å². The number of hydrogen-bond donors (Lipinski definition) is 4. The van der Waals surface area contributed by atoms with E-state index in [0.717, 1.165) is 9.80 Å². The van der Waals surface area contributed by atoms with Gasteiger partial charge in [0.1, 0.15) is 54.4 Å². The number of nitrogens with one attached hydrogen (secondary N) is 4. The first-order valence-electron chi connectivity index (χ1n) is 31.8.